The van der Waals surface area contributed by atoms with E-state index in [-0.39, 0.29) is 35.1 Å². The molecule has 3 heterocycles. The van der Waals surface area contributed by atoms with Gasteiger partial charge < -0.3 is 10.1 Å². The molecule has 2 aromatic heterocycles. The fourth-order valence-electron chi connectivity index (χ4n) is 4.49. The van der Waals surface area contributed by atoms with Crippen LogP contribution in [0, 0.1) is 0 Å². The van der Waals surface area contributed by atoms with Crippen molar-refractivity contribution >= 4 is 27.4 Å². The van der Waals surface area contributed by atoms with Gasteiger partial charge in [0.15, 0.2) is 26.5 Å². The van der Waals surface area contributed by atoms with Gasteiger partial charge in [0.1, 0.15) is 6.33 Å². The standard InChI is InChI=1S/C28H37N7O4S/c1-7-13-35-26(33-18(5)22-24(20-10-11-20)31-16-32-27(22)39-6)23(17(3)4)34-25(28(35)36)30-15-19-9-12-21(29-14-19)40(37,38)8-2/h9,12,14,16,18,20H,7-8,10-11,13,15H2,1-6H3,(H,30,34). The SMILES string of the molecule is CCCN1C(=O)C(=NCc2ccc(S(=O)(=O)CC)nc2)NC(=C(C)C)C1=NC(C)c1c(OC)ncnc1C1CC1. The fraction of sp³-hybridized carbons (Fsp3) is 0.500. The molecule has 12 heteroatoms. The second-order valence-corrected chi connectivity index (χ2v) is 12.3. The Balaban J connectivity index is 1.67. The van der Waals surface area contributed by atoms with Crippen LogP contribution in [0.4, 0.5) is 0 Å². The van der Waals surface area contributed by atoms with Crippen molar-refractivity contribution in [3.05, 3.63) is 52.7 Å². The number of sulfone groups is 1. The van der Waals surface area contributed by atoms with E-state index in [1.54, 1.807) is 25.0 Å². The van der Waals surface area contributed by atoms with E-state index in [4.69, 9.17) is 9.73 Å². The number of nitrogens with zero attached hydrogens (tertiary/aromatic N) is 6. The zero-order valence-corrected chi connectivity index (χ0v) is 24.7. The molecule has 0 bridgehead atoms. The molecule has 4 rings (SSSR count). The Labute approximate surface area is 235 Å². The minimum absolute atomic E-state index is 0.0205. The van der Waals surface area contributed by atoms with Gasteiger partial charge in [0, 0.05) is 18.7 Å². The molecule has 0 aromatic carbocycles. The summed E-state index contributed by atoms with van der Waals surface area (Å²) in [6, 6.07) is 2.78. The molecule has 1 aliphatic heterocycles. The molecule has 2 aromatic rings. The summed E-state index contributed by atoms with van der Waals surface area (Å²) < 4.78 is 29.7. The van der Waals surface area contributed by atoms with E-state index in [1.165, 1.54) is 18.6 Å². The van der Waals surface area contributed by atoms with Crippen LogP contribution in [0.25, 0.3) is 0 Å². The molecule has 1 aliphatic carbocycles. The lowest BCUT2D eigenvalue weighted by atomic mass is 10.0. The molecule has 0 radical (unpaired) electrons. The van der Waals surface area contributed by atoms with Gasteiger partial charge in [-0.2, -0.15) is 0 Å². The van der Waals surface area contributed by atoms with Crippen molar-refractivity contribution in [1.29, 1.82) is 0 Å². The van der Waals surface area contributed by atoms with E-state index in [0.29, 0.717) is 35.4 Å². The normalized spacial score (nSPS) is 18.7. The van der Waals surface area contributed by atoms with Gasteiger partial charge in [0.2, 0.25) is 5.88 Å². The van der Waals surface area contributed by atoms with Gasteiger partial charge in [0.25, 0.3) is 5.91 Å². The number of aliphatic imine (C=N–C) groups is 2. The molecular formula is C28H37N7O4S. The summed E-state index contributed by atoms with van der Waals surface area (Å²) in [5.41, 5.74) is 4.15. The van der Waals surface area contributed by atoms with E-state index < -0.39 is 9.84 Å². The molecule has 2 fully saturated rings. The summed E-state index contributed by atoms with van der Waals surface area (Å²) in [6.07, 6.45) is 5.88. The molecule has 1 N–H and O–H groups in total. The average molecular weight is 568 g/mol. The quantitative estimate of drug-likeness (QED) is 0.458. The van der Waals surface area contributed by atoms with Crippen molar-refractivity contribution in [3.63, 3.8) is 0 Å². The molecule has 0 spiro atoms. The van der Waals surface area contributed by atoms with E-state index in [2.05, 4.69) is 25.3 Å². The highest BCUT2D eigenvalue weighted by Crippen LogP contribution is 2.44. The van der Waals surface area contributed by atoms with Crippen LogP contribution in [0.3, 0.4) is 0 Å². The first-order valence-electron chi connectivity index (χ1n) is 13.6. The minimum Gasteiger partial charge on any atom is -0.481 e. The van der Waals surface area contributed by atoms with Crippen LogP contribution >= 0.6 is 0 Å². The summed E-state index contributed by atoms with van der Waals surface area (Å²) in [5.74, 6) is 1.31. The van der Waals surface area contributed by atoms with Crippen LogP contribution in [0.15, 0.2) is 50.9 Å². The smallest absolute Gasteiger partial charge is 0.294 e. The first kappa shape index (κ1) is 29.3. The number of amidine groups is 2. The number of piperazine rings is 1. The zero-order chi connectivity index (χ0) is 29.0. The molecule has 1 saturated heterocycles. The van der Waals surface area contributed by atoms with Crippen LogP contribution in [0.5, 0.6) is 5.88 Å². The lowest BCUT2D eigenvalue weighted by Crippen LogP contribution is -2.55. The number of pyridine rings is 1. The Morgan fingerprint density at radius 1 is 1.20 bits per heavy atom. The summed E-state index contributed by atoms with van der Waals surface area (Å²) in [6.45, 7) is 10.1. The van der Waals surface area contributed by atoms with Crippen LogP contribution in [-0.4, -0.2) is 65.3 Å². The van der Waals surface area contributed by atoms with Gasteiger partial charge in [-0.25, -0.2) is 23.4 Å². The van der Waals surface area contributed by atoms with Crippen LogP contribution in [-0.2, 0) is 21.2 Å². The lowest BCUT2D eigenvalue weighted by molar-refractivity contribution is -0.121. The molecule has 11 nitrogen and oxygen atoms in total. The van der Waals surface area contributed by atoms with E-state index in [1.807, 2.05) is 27.7 Å². The third-order valence-corrected chi connectivity index (χ3v) is 8.44. The van der Waals surface area contributed by atoms with Crippen LogP contribution in [0.2, 0.25) is 0 Å². The van der Waals surface area contributed by atoms with Gasteiger partial charge in [-0.1, -0.05) is 19.9 Å². The fourth-order valence-corrected chi connectivity index (χ4v) is 5.28. The number of allylic oxidation sites excluding steroid dienone is 1. The molecule has 1 atom stereocenters. The van der Waals surface area contributed by atoms with Crippen LogP contribution < -0.4 is 10.1 Å². The second kappa shape index (κ2) is 12.2. The maximum absolute atomic E-state index is 13.7. The van der Waals surface area contributed by atoms with E-state index in [9.17, 15) is 13.2 Å². The number of methoxy groups -OCH3 is 1. The maximum atomic E-state index is 13.7. The molecule has 214 valence electrons. The molecule has 40 heavy (non-hydrogen) atoms. The van der Waals surface area contributed by atoms with Crippen molar-refractivity contribution in [2.75, 3.05) is 19.4 Å². The highest BCUT2D eigenvalue weighted by molar-refractivity contribution is 7.91. The number of hydrogen-bond donors (Lipinski definition) is 1. The molecule has 1 saturated carbocycles. The predicted molar refractivity (Wildman–Crippen MR) is 153 cm³/mol. The zero-order valence-electron chi connectivity index (χ0n) is 23.9. The average Bonchev–Trinajstić information content (AvgIpc) is 3.79. The highest BCUT2D eigenvalue weighted by Gasteiger charge is 2.36. The van der Waals surface area contributed by atoms with Gasteiger partial charge in [0.05, 0.1) is 42.4 Å². The number of rotatable bonds is 10. The Bertz CT molecular complexity index is 1460. The largest absolute Gasteiger partial charge is 0.481 e. The summed E-state index contributed by atoms with van der Waals surface area (Å²) in [4.78, 5) is 37.9. The van der Waals surface area contributed by atoms with Crippen molar-refractivity contribution in [2.45, 2.75) is 77.4 Å². The molecule has 1 amide bonds. The molecular weight excluding hydrogens is 530 g/mol. The van der Waals surface area contributed by atoms with Crippen LogP contribution in [0.1, 0.15) is 82.7 Å². The summed E-state index contributed by atoms with van der Waals surface area (Å²) in [7, 11) is -1.80. The van der Waals surface area contributed by atoms with Crippen molar-refractivity contribution < 1.29 is 17.9 Å². The number of hydrogen-bond acceptors (Lipinski definition) is 9. The summed E-state index contributed by atoms with van der Waals surface area (Å²) >= 11 is 0. The third kappa shape index (κ3) is 6.22. The third-order valence-electron chi connectivity index (χ3n) is 6.80. The number of ether oxygens (including phenoxy) is 1. The van der Waals surface area contributed by atoms with Crippen molar-refractivity contribution in [1.82, 2.24) is 25.2 Å². The Kier molecular flexibility index (Phi) is 8.97. The number of amides is 1. The van der Waals surface area contributed by atoms with E-state index >= 15 is 0 Å². The highest BCUT2D eigenvalue weighted by atomic mass is 32.2. The van der Waals surface area contributed by atoms with Gasteiger partial charge in [-0.15, -0.1) is 0 Å². The number of carbonyl (C=O) groups is 1. The van der Waals surface area contributed by atoms with Crippen molar-refractivity contribution in [2.24, 2.45) is 9.98 Å². The Hall–Kier alpha value is -3.67. The van der Waals surface area contributed by atoms with Gasteiger partial charge in [-0.05, 0) is 57.2 Å². The number of nitrogens with one attached hydrogen (secondary N) is 1. The second-order valence-electron chi connectivity index (χ2n) is 10.1. The Morgan fingerprint density at radius 2 is 1.95 bits per heavy atom. The minimum atomic E-state index is -3.39. The predicted octanol–water partition coefficient (Wildman–Crippen LogP) is 3.75. The van der Waals surface area contributed by atoms with Gasteiger partial charge >= 0.3 is 0 Å². The first-order chi connectivity index (χ1) is 19.1. The lowest BCUT2D eigenvalue weighted by Gasteiger charge is -2.33. The summed E-state index contributed by atoms with van der Waals surface area (Å²) in [5, 5.41) is 3.25. The maximum Gasteiger partial charge on any atom is 0.294 e. The number of aromatic nitrogens is 3. The number of carbonyl (C=O) groups excluding carboxylic acids is 1. The Morgan fingerprint density at radius 3 is 2.52 bits per heavy atom. The topological polar surface area (TPSA) is 139 Å². The van der Waals surface area contributed by atoms with E-state index in [0.717, 1.165) is 36.1 Å². The van der Waals surface area contributed by atoms with Crippen molar-refractivity contribution in [3.8, 4) is 5.88 Å². The van der Waals surface area contributed by atoms with Gasteiger partial charge in [-0.3, -0.25) is 19.7 Å². The molecule has 1 unspecified atom stereocenters. The first-order valence-corrected chi connectivity index (χ1v) is 15.2. The molecule has 2 aliphatic rings. The monoisotopic (exact) mass is 567 g/mol.